The minimum absolute atomic E-state index is 0.00799. The number of rotatable bonds is 2. The average molecular weight is 367 g/mol. The van der Waals surface area contributed by atoms with Gasteiger partial charge in [-0.05, 0) is 29.7 Å². The van der Waals surface area contributed by atoms with E-state index in [1.54, 1.807) is 0 Å². The molecule has 2 unspecified atom stereocenters. The normalized spacial score (nSPS) is 19.3. The van der Waals surface area contributed by atoms with Crippen molar-refractivity contribution in [3.8, 4) is 11.5 Å². The zero-order chi connectivity index (χ0) is 15.0. The number of hydrogen-bond donors (Lipinski definition) is 0. The van der Waals surface area contributed by atoms with Crippen LogP contribution in [0.3, 0.4) is 0 Å². The van der Waals surface area contributed by atoms with Gasteiger partial charge in [0, 0.05) is 9.75 Å². The van der Waals surface area contributed by atoms with E-state index in [9.17, 15) is 0 Å². The van der Waals surface area contributed by atoms with Crippen LogP contribution >= 0.6 is 27.3 Å². The van der Waals surface area contributed by atoms with Gasteiger partial charge in [0.15, 0.2) is 17.6 Å². The molecule has 0 radical (unpaired) electrons. The minimum atomic E-state index is -0.00799. The number of ether oxygens (including phenoxy) is 2. The molecule has 0 aliphatic carbocycles. The quantitative estimate of drug-likeness (QED) is 0.669. The molecule has 21 heavy (non-hydrogen) atoms. The Hall–Kier alpha value is -1.00. The first kappa shape index (κ1) is 14.9. The molecule has 1 aliphatic heterocycles. The third kappa shape index (κ3) is 3.11. The molecule has 2 nitrogen and oxygen atoms in total. The van der Waals surface area contributed by atoms with E-state index in [0.29, 0.717) is 6.61 Å². The molecule has 1 aromatic carbocycles. The first-order chi connectivity index (χ1) is 9.95. The monoisotopic (exact) mass is 366 g/mol. The molecule has 0 bridgehead atoms. The van der Waals surface area contributed by atoms with Crippen LogP contribution in [0.2, 0.25) is 0 Å². The molecular formula is C17H19BrO2S. The van der Waals surface area contributed by atoms with Gasteiger partial charge in [-0.3, -0.25) is 0 Å². The second-order valence-corrected chi connectivity index (χ2v) is 8.37. The lowest BCUT2D eigenvalue weighted by Gasteiger charge is -2.29. The highest BCUT2D eigenvalue weighted by Gasteiger charge is 2.30. The molecule has 0 saturated carbocycles. The first-order valence-electron chi connectivity index (χ1n) is 7.08. The van der Waals surface area contributed by atoms with Gasteiger partial charge in [0.25, 0.3) is 0 Å². The maximum Gasteiger partial charge on any atom is 0.161 e. The Morgan fingerprint density at radius 1 is 1.14 bits per heavy atom. The Morgan fingerprint density at radius 3 is 2.52 bits per heavy atom. The van der Waals surface area contributed by atoms with Gasteiger partial charge in [0.2, 0.25) is 0 Å². The predicted molar refractivity (Wildman–Crippen MR) is 91.0 cm³/mol. The van der Waals surface area contributed by atoms with Crippen LogP contribution in [0.25, 0.3) is 0 Å². The Balaban J connectivity index is 1.77. The number of fused-ring (bicyclic) bond motifs is 1. The Kier molecular flexibility index (Phi) is 4.02. The Bertz CT molecular complexity index is 630. The van der Waals surface area contributed by atoms with Crippen LogP contribution in [-0.2, 0) is 5.41 Å². The van der Waals surface area contributed by atoms with Crippen LogP contribution < -0.4 is 9.47 Å². The molecule has 0 saturated heterocycles. The molecule has 4 heteroatoms. The van der Waals surface area contributed by atoms with Gasteiger partial charge in [-0.25, -0.2) is 0 Å². The lowest BCUT2D eigenvalue weighted by Crippen LogP contribution is -2.32. The second-order valence-electron chi connectivity index (χ2n) is 6.27. The zero-order valence-electron chi connectivity index (χ0n) is 12.4. The number of hydrogen-bond acceptors (Lipinski definition) is 3. The second kappa shape index (κ2) is 5.65. The smallest absolute Gasteiger partial charge is 0.161 e. The SMILES string of the molecule is CC(C)(C)c1ccc(C(Br)C2COc3ccccc3O2)s1. The largest absolute Gasteiger partial charge is 0.486 e. The summed E-state index contributed by atoms with van der Waals surface area (Å²) in [5, 5.41) is 0. The highest BCUT2D eigenvalue weighted by molar-refractivity contribution is 9.09. The fourth-order valence-electron chi connectivity index (χ4n) is 2.27. The van der Waals surface area contributed by atoms with E-state index in [1.807, 2.05) is 35.6 Å². The van der Waals surface area contributed by atoms with E-state index in [1.165, 1.54) is 9.75 Å². The number of alkyl halides is 1. The van der Waals surface area contributed by atoms with Crippen LogP contribution in [0.15, 0.2) is 36.4 Å². The van der Waals surface area contributed by atoms with Crippen LogP contribution in [-0.4, -0.2) is 12.7 Å². The Labute approximate surface area is 138 Å². The number of benzene rings is 1. The van der Waals surface area contributed by atoms with E-state index < -0.39 is 0 Å². The van der Waals surface area contributed by atoms with Crippen molar-refractivity contribution in [2.24, 2.45) is 0 Å². The van der Waals surface area contributed by atoms with Crippen LogP contribution in [0.5, 0.6) is 11.5 Å². The van der Waals surface area contributed by atoms with Crippen LogP contribution in [0, 0.1) is 0 Å². The fourth-order valence-corrected chi connectivity index (χ4v) is 4.06. The van der Waals surface area contributed by atoms with Crippen LogP contribution in [0.4, 0.5) is 0 Å². The van der Waals surface area contributed by atoms with Crippen molar-refractivity contribution in [1.82, 2.24) is 0 Å². The third-order valence-electron chi connectivity index (χ3n) is 3.49. The maximum absolute atomic E-state index is 6.08. The molecule has 2 heterocycles. The van der Waals surface area contributed by atoms with E-state index in [4.69, 9.17) is 9.47 Å². The Morgan fingerprint density at radius 2 is 1.86 bits per heavy atom. The van der Waals surface area contributed by atoms with Gasteiger partial charge in [0.1, 0.15) is 6.61 Å². The lowest BCUT2D eigenvalue weighted by molar-refractivity contribution is 0.0910. The number of thiophene rings is 1. The summed E-state index contributed by atoms with van der Waals surface area (Å²) in [7, 11) is 0. The maximum atomic E-state index is 6.08. The third-order valence-corrected chi connectivity index (χ3v) is 6.47. The van der Waals surface area contributed by atoms with Gasteiger partial charge in [-0.1, -0.05) is 48.8 Å². The van der Waals surface area contributed by atoms with Gasteiger partial charge in [0.05, 0.1) is 4.83 Å². The molecule has 0 N–H and O–H groups in total. The summed E-state index contributed by atoms with van der Waals surface area (Å²) in [6, 6.07) is 12.2. The van der Waals surface area contributed by atoms with Gasteiger partial charge in [-0.15, -0.1) is 11.3 Å². The fraction of sp³-hybridized carbons (Fsp3) is 0.412. The summed E-state index contributed by atoms with van der Waals surface area (Å²) in [5.74, 6) is 1.65. The highest BCUT2D eigenvalue weighted by atomic mass is 79.9. The molecule has 0 amide bonds. The molecule has 3 rings (SSSR count). The summed E-state index contributed by atoms with van der Waals surface area (Å²) in [6.07, 6.45) is -0.00799. The summed E-state index contributed by atoms with van der Waals surface area (Å²) in [6.45, 7) is 7.28. The molecule has 2 aromatic rings. The van der Waals surface area contributed by atoms with E-state index in [0.717, 1.165) is 11.5 Å². The van der Waals surface area contributed by atoms with E-state index in [-0.39, 0.29) is 16.3 Å². The number of para-hydroxylation sites is 2. The van der Waals surface area contributed by atoms with Crippen molar-refractivity contribution in [3.05, 3.63) is 46.2 Å². The van der Waals surface area contributed by atoms with E-state index in [2.05, 4.69) is 48.8 Å². The topological polar surface area (TPSA) is 18.5 Å². The summed E-state index contributed by atoms with van der Waals surface area (Å²) in [5.41, 5.74) is 0.187. The molecule has 1 aromatic heterocycles. The first-order valence-corrected chi connectivity index (χ1v) is 8.81. The standard InChI is InChI=1S/C17H19BrO2S/c1-17(2,3)15-9-8-14(21-15)16(18)13-10-19-11-6-4-5-7-12(11)20-13/h4-9,13,16H,10H2,1-3H3. The van der Waals surface area contributed by atoms with Crippen molar-refractivity contribution >= 4 is 27.3 Å². The van der Waals surface area contributed by atoms with Crippen molar-refractivity contribution in [2.45, 2.75) is 37.1 Å². The molecule has 1 aliphatic rings. The van der Waals surface area contributed by atoms with Gasteiger partial charge in [-0.2, -0.15) is 0 Å². The predicted octanol–water partition coefficient (Wildman–Crippen LogP) is 5.32. The van der Waals surface area contributed by atoms with Gasteiger partial charge >= 0.3 is 0 Å². The summed E-state index contributed by atoms with van der Waals surface area (Å²) < 4.78 is 11.9. The highest BCUT2D eigenvalue weighted by Crippen LogP contribution is 2.41. The molecule has 2 atom stereocenters. The van der Waals surface area contributed by atoms with Crippen LogP contribution in [0.1, 0.15) is 35.4 Å². The molecule has 112 valence electrons. The summed E-state index contributed by atoms with van der Waals surface area (Å²) in [4.78, 5) is 2.82. The molecule has 0 spiro atoms. The van der Waals surface area contributed by atoms with E-state index >= 15 is 0 Å². The van der Waals surface area contributed by atoms with Crippen molar-refractivity contribution in [2.75, 3.05) is 6.61 Å². The minimum Gasteiger partial charge on any atom is -0.486 e. The van der Waals surface area contributed by atoms with Crippen molar-refractivity contribution < 1.29 is 9.47 Å². The number of halogens is 1. The average Bonchev–Trinajstić information content (AvgIpc) is 2.96. The summed E-state index contributed by atoms with van der Waals surface area (Å²) >= 11 is 5.63. The van der Waals surface area contributed by atoms with Gasteiger partial charge < -0.3 is 9.47 Å². The zero-order valence-corrected chi connectivity index (χ0v) is 14.8. The molecular weight excluding hydrogens is 348 g/mol. The van der Waals surface area contributed by atoms with Crippen molar-refractivity contribution in [1.29, 1.82) is 0 Å². The van der Waals surface area contributed by atoms with Crippen molar-refractivity contribution in [3.63, 3.8) is 0 Å². The molecule has 0 fully saturated rings. The lowest BCUT2D eigenvalue weighted by atomic mass is 9.95.